The SMILES string of the molecule is CN1CCCN(c2ccc(S(=O)(=O)N(Cl)c3ccccc3)cc2N)CC1. The normalized spacial score (nSPS) is 16.3. The first kappa shape index (κ1) is 18.8. The van der Waals surface area contributed by atoms with E-state index in [0.717, 1.165) is 42.1 Å². The number of nitrogens with two attached hydrogens (primary N) is 1. The van der Waals surface area contributed by atoms with E-state index in [2.05, 4.69) is 16.8 Å². The molecule has 2 N–H and O–H groups in total. The lowest BCUT2D eigenvalue weighted by atomic mass is 10.2. The van der Waals surface area contributed by atoms with Crippen LogP contribution in [0.2, 0.25) is 0 Å². The van der Waals surface area contributed by atoms with Crippen LogP contribution in [0.4, 0.5) is 17.1 Å². The maximum absolute atomic E-state index is 12.8. The van der Waals surface area contributed by atoms with Crippen molar-refractivity contribution in [3.05, 3.63) is 48.5 Å². The molecular weight excluding hydrogens is 372 g/mol. The number of para-hydroxylation sites is 1. The standard InChI is InChI=1S/C18H23ClN4O2S/c1-21-10-5-11-22(13-12-21)18-9-8-16(14-17(18)20)26(24,25)23(19)15-6-3-2-4-7-15/h2-4,6-9,14H,5,10-13,20H2,1H3. The van der Waals surface area contributed by atoms with E-state index in [-0.39, 0.29) is 4.90 Å². The zero-order valence-corrected chi connectivity index (χ0v) is 16.2. The first-order valence-corrected chi connectivity index (χ1v) is 10.3. The molecule has 0 aliphatic carbocycles. The summed E-state index contributed by atoms with van der Waals surface area (Å²) in [5.74, 6) is 0. The summed E-state index contributed by atoms with van der Waals surface area (Å²) in [6.07, 6.45) is 1.04. The number of likely N-dealkylation sites (N-methyl/N-ethyl adjacent to an activating group) is 1. The Bertz CT molecular complexity index is 861. The Morgan fingerprint density at radius 2 is 1.77 bits per heavy atom. The molecule has 140 valence electrons. The third-order valence-electron chi connectivity index (χ3n) is 4.53. The second kappa shape index (κ2) is 7.73. The number of anilines is 3. The van der Waals surface area contributed by atoms with Crippen molar-refractivity contribution in [2.45, 2.75) is 11.3 Å². The number of halogens is 1. The first-order chi connectivity index (χ1) is 12.4. The number of hydrogen-bond acceptors (Lipinski definition) is 5. The van der Waals surface area contributed by atoms with Gasteiger partial charge in [0.25, 0.3) is 10.0 Å². The van der Waals surface area contributed by atoms with Crippen LogP contribution >= 0.6 is 11.8 Å². The van der Waals surface area contributed by atoms with Gasteiger partial charge >= 0.3 is 0 Å². The van der Waals surface area contributed by atoms with Gasteiger partial charge < -0.3 is 15.5 Å². The quantitative estimate of drug-likeness (QED) is 0.637. The van der Waals surface area contributed by atoms with Gasteiger partial charge in [-0.1, -0.05) is 18.2 Å². The van der Waals surface area contributed by atoms with E-state index in [9.17, 15) is 8.42 Å². The molecule has 1 fully saturated rings. The molecule has 0 radical (unpaired) electrons. The third kappa shape index (κ3) is 3.90. The molecule has 1 aliphatic heterocycles. The van der Waals surface area contributed by atoms with Crippen LogP contribution in [-0.4, -0.2) is 46.5 Å². The highest BCUT2D eigenvalue weighted by Gasteiger charge is 2.25. The zero-order chi connectivity index (χ0) is 18.7. The number of nitrogens with zero attached hydrogens (tertiary/aromatic N) is 3. The highest BCUT2D eigenvalue weighted by atomic mass is 35.5. The molecule has 1 aliphatic rings. The van der Waals surface area contributed by atoms with Crippen molar-refractivity contribution in [1.29, 1.82) is 0 Å². The van der Waals surface area contributed by atoms with Gasteiger partial charge in [-0.05, 0) is 50.3 Å². The molecule has 3 rings (SSSR count). The monoisotopic (exact) mass is 394 g/mol. The minimum atomic E-state index is -3.89. The van der Waals surface area contributed by atoms with E-state index >= 15 is 0 Å². The molecule has 8 heteroatoms. The Hall–Kier alpha value is -1.96. The van der Waals surface area contributed by atoms with E-state index < -0.39 is 10.0 Å². The minimum Gasteiger partial charge on any atom is -0.397 e. The van der Waals surface area contributed by atoms with Crippen LogP contribution in [-0.2, 0) is 10.0 Å². The van der Waals surface area contributed by atoms with Gasteiger partial charge in [-0.3, -0.25) is 0 Å². The van der Waals surface area contributed by atoms with Crippen LogP contribution in [0.1, 0.15) is 6.42 Å². The van der Waals surface area contributed by atoms with Gasteiger partial charge in [0.05, 0.1) is 22.0 Å². The van der Waals surface area contributed by atoms with Crippen molar-refractivity contribution in [1.82, 2.24) is 4.90 Å². The fraction of sp³-hybridized carbons (Fsp3) is 0.333. The Labute approximate surface area is 159 Å². The number of benzene rings is 2. The van der Waals surface area contributed by atoms with Crippen molar-refractivity contribution < 1.29 is 8.42 Å². The van der Waals surface area contributed by atoms with Gasteiger partial charge in [-0.15, -0.1) is 0 Å². The van der Waals surface area contributed by atoms with E-state index in [1.165, 1.54) is 6.07 Å². The van der Waals surface area contributed by atoms with Crippen molar-refractivity contribution in [2.24, 2.45) is 0 Å². The predicted octanol–water partition coefficient (Wildman–Crippen LogP) is 2.76. The Balaban J connectivity index is 1.87. The molecule has 0 atom stereocenters. The van der Waals surface area contributed by atoms with Crippen LogP contribution in [0.25, 0.3) is 0 Å². The summed E-state index contributed by atoms with van der Waals surface area (Å²) in [6, 6.07) is 13.3. The summed E-state index contributed by atoms with van der Waals surface area (Å²) in [4.78, 5) is 4.55. The molecule has 0 saturated carbocycles. The lowest BCUT2D eigenvalue weighted by molar-refractivity contribution is 0.360. The highest BCUT2D eigenvalue weighted by molar-refractivity contribution is 7.94. The van der Waals surface area contributed by atoms with Crippen LogP contribution in [0.3, 0.4) is 0 Å². The van der Waals surface area contributed by atoms with Gasteiger partial charge in [0, 0.05) is 31.4 Å². The van der Waals surface area contributed by atoms with E-state index in [1.807, 2.05) is 0 Å². The summed E-state index contributed by atoms with van der Waals surface area (Å²) >= 11 is 6.10. The molecule has 0 spiro atoms. The fourth-order valence-corrected chi connectivity index (χ4v) is 4.50. The molecule has 0 bridgehead atoms. The topological polar surface area (TPSA) is 69.9 Å². The molecule has 0 unspecified atom stereocenters. The van der Waals surface area contributed by atoms with E-state index in [1.54, 1.807) is 42.5 Å². The first-order valence-electron chi connectivity index (χ1n) is 8.49. The number of sulfonamides is 1. The van der Waals surface area contributed by atoms with Crippen LogP contribution < -0.4 is 14.5 Å². The van der Waals surface area contributed by atoms with Crippen molar-refractivity contribution >= 4 is 38.9 Å². The lowest BCUT2D eigenvalue weighted by Crippen LogP contribution is -2.29. The van der Waals surface area contributed by atoms with E-state index in [4.69, 9.17) is 17.5 Å². The Morgan fingerprint density at radius 3 is 2.46 bits per heavy atom. The summed E-state index contributed by atoms with van der Waals surface area (Å²) in [6.45, 7) is 3.74. The van der Waals surface area contributed by atoms with Crippen molar-refractivity contribution in [2.75, 3.05) is 47.7 Å². The molecule has 26 heavy (non-hydrogen) atoms. The number of nitrogen functional groups attached to an aromatic ring is 1. The number of rotatable bonds is 4. The van der Waals surface area contributed by atoms with Gasteiger partial charge in [-0.25, -0.2) is 0 Å². The molecular formula is C18H23ClN4O2S. The van der Waals surface area contributed by atoms with Crippen LogP contribution in [0, 0.1) is 0 Å². The van der Waals surface area contributed by atoms with Gasteiger partial charge in [0.2, 0.25) is 0 Å². The molecule has 0 amide bonds. The highest BCUT2D eigenvalue weighted by Crippen LogP contribution is 2.31. The van der Waals surface area contributed by atoms with Gasteiger partial charge in [0.15, 0.2) is 0 Å². The fourth-order valence-electron chi connectivity index (χ4n) is 3.04. The second-order valence-electron chi connectivity index (χ2n) is 6.42. The smallest absolute Gasteiger partial charge is 0.278 e. The second-order valence-corrected chi connectivity index (χ2v) is 8.75. The van der Waals surface area contributed by atoms with Gasteiger partial charge in [0.1, 0.15) is 0 Å². The average Bonchev–Trinajstić information content (AvgIpc) is 2.86. The third-order valence-corrected chi connectivity index (χ3v) is 6.75. The minimum absolute atomic E-state index is 0.0737. The zero-order valence-electron chi connectivity index (χ0n) is 14.7. The number of hydrogen-bond donors (Lipinski definition) is 1. The van der Waals surface area contributed by atoms with Gasteiger partial charge in [-0.2, -0.15) is 12.2 Å². The molecule has 1 heterocycles. The van der Waals surface area contributed by atoms with Crippen LogP contribution in [0.15, 0.2) is 53.4 Å². The molecule has 0 aromatic heterocycles. The maximum Gasteiger partial charge on any atom is 0.278 e. The summed E-state index contributed by atoms with van der Waals surface area (Å²) in [5, 5.41) is 0. The average molecular weight is 395 g/mol. The molecule has 2 aromatic rings. The lowest BCUT2D eigenvalue weighted by Gasteiger charge is -2.25. The Kier molecular flexibility index (Phi) is 5.60. The Morgan fingerprint density at radius 1 is 1.04 bits per heavy atom. The van der Waals surface area contributed by atoms with E-state index in [0.29, 0.717) is 11.4 Å². The van der Waals surface area contributed by atoms with Crippen molar-refractivity contribution in [3.8, 4) is 0 Å². The maximum atomic E-state index is 12.8. The predicted molar refractivity (Wildman–Crippen MR) is 107 cm³/mol. The van der Waals surface area contributed by atoms with Crippen LogP contribution in [0.5, 0.6) is 0 Å². The molecule has 2 aromatic carbocycles. The van der Waals surface area contributed by atoms with Crippen molar-refractivity contribution in [3.63, 3.8) is 0 Å². The largest absolute Gasteiger partial charge is 0.397 e. The summed E-state index contributed by atoms with van der Waals surface area (Å²) in [5.41, 5.74) is 7.87. The molecule has 6 nitrogen and oxygen atoms in total. The summed E-state index contributed by atoms with van der Waals surface area (Å²) < 4.78 is 26.3. The molecule has 1 saturated heterocycles. The summed E-state index contributed by atoms with van der Waals surface area (Å²) in [7, 11) is -1.79.